The van der Waals surface area contributed by atoms with E-state index in [4.69, 9.17) is 0 Å². The predicted molar refractivity (Wildman–Crippen MR) is 75.6 cm³/mol. The number of quaternary nitrogens is 1. The Kier molecular flexibility index (Phi) is 3.18. The number of likely N-dealkylation sites (N-methyl/N-ethyl adjacent to an activating group) is 1. The molecule has 1 saturated heterocycles. The summed E-state index contributed by atoms with van der Waals surface area (Å²) in [5.74, 6) is 1.12. The molecule has 5 heteroatoms. The van der Waals surface area contributed by atoms with Crippen LogP contribution >= 0.6 is 11.3 Å². The van der Waals surface area contributed by atoms with E-state index in [9.17, 15) is 0 Å². The van der Waals surface area contributed by atoms with Crippen LogP contribution in [0.3, 0.4) is 0 Å². The summed E-state index contributed by atoms with van der Waals surface area (Å²) >= 11 is 1.75. The first-order valence-corrected chi connectivity index (χ1v) is 7.39. The van der Waals surface area contributed by atoms with Gasteiger partial charge in [-0.3, -0.25) is 0 Å². The molecule has 0 bridgehead atoms. The van der Waals surface area contributed by atoms with Crippen LogP contribution in [0, 0.1) is 6.92 Å². The Hall–Kier alpha value is -1.20. The number of hydrogen-bond acceptors (Lipinski definition) is 4. The smallest absolute Gasteiger partial charge is 0.141 e. The van der Waals surface area contributed by atoms with Crippen molar-refractivity contribution in [2.75, 3.05) is 37.6 Å². The van der Waals surface area contributed by atoms with Gasteiger partial charge in [-0.05, 0) is 19.9 Å². The average Bonchev–Trinajstić information content (AvgIpc) is 2.79. The molecule has 1 aliphatic rings. The molecule has 0 aromatic carbocycles. The van der Waals surface area contributed by atoms with Gasteiger partial charge in [0.15, 0.2) is 0 Å². The normalized spacial score (nSPS) is 17.6. The van der Waals surface area contributed by atoms with Crippen molar-refractivity contribution < 1.29 is 4.90 Å². The van der Waals surface area contributed by atoms with E-state index in [1.165, 1.54) is 29.9 Å². The number of aromatic nitrogens is 2. The summed E-state index contributed by atoms with van der Waals surface area (Å²) < 4.78 is 0. The Morgan fingerprint density at radius 1 is 1.33 bits per heavy atom. The molecule has 1 aliphatic heterocycles. The maximum absolute atomic E-state index is 4.51. The highest BCUT2D eigenvalue weighted by Gasteiger charge is 2.21. The van der Waals surface area contributed by atoms with Gasteiger partial charge < -0.3 is 9.80 Å². The second-order valence-corrected chi connectivity index (χ2v) is 6.10. The summed E-state index contributed by atoms with van der Waals surface area (Å²) in [6.07, 6.45) is 1.70. The van der Waals surface area contributed by atoms with Crippen LogP contribution in [0.2, 0.25) is 0 Å². The Morgan fingerprint density at radius 2 is 2.11 bits per heavy atom. The first-order valence-electron chi connectivity index (χ1n) is 6.57. The van der Waals surface area contributed by atoms with Crippen LogP contribution in [0.5, 0.6) is 0 Å². The van der Waals surface area contributed by atoms with Gasteiger partial charge in [0.25, 0.3) is 0 Å². The number of piperazine rings is 1. The Morgan fingerprint density at radius 3 is 2.83 bits per heavy atom. The fourth-order valence-electron chi connectivity index (χ4n) is 2.60. The van der Waals surface area contributed by atoms with Crippen molar-refractivity contribution in [3.8, 4) is 0 Å². The summed E-state index contributed by atoms with van der Waals surface area (Å²) in [6.45, 7) is 10.3. The van der Waals surface area contributed by atoms with Gasteiger partial charge >= 0.3 is 0 Å². The molecule has 3 heterocycles. The predicted octanol–water partition coefficient (Wildman–Crippen LogP) is 0.725. The molecule has 0 radical (unpaired) electrons. The van der Waals surface area contributed by atoms with E-state index in [-0.39, 0.29) is 0 Å². The van der Waals surface area contributed by atoms with Crippen molar-refractivity contribution in [2.45, 2.75) is 13.8 Å². The monoisotopic (exact) mass is 263 g/mol. The van der Waals surface area contributed by atoms with Crippen LogP contribution in [0.1, 0.15) is 11.8 Å². The van der Waals surface area contributed by atoms with Gasteiger partial charge in [-0.25, -0.2) is 9.97 Å². The highest BCUT2D eigenvalue weighted by Crippen LogP contribution is 2.29. The van der Waals surface area contributed by atoms with Crippen molar-refractivity contribution in [1.82, 2.24) is 9.97 Å². The summed E-state index contributed by atoms with van der Waals surface area (Å²) in [4.78, 5) is 15.4. The number of aryl methyl sites for hydroxylation is 1. The first kappa shape index (κ1) is 11.9. The molecule has 0 atom stereocenters. The van der Waals surface area contributed by atoms with Gasteiger partial charge in [-0.1, -0.05) is 0 Å². The van der Waals surface area contributed by atoms with Gasteiger partial charge in [-0.2, -0.15) is 0 Å². The van der Waals surface area contributed by atoms with E-state index in [0.29, 0.717) is 0 Å². The van der Waals surface area contributed by atoms with Crippen LogP contribution in [0.15, 0.2) is 12.4 Å². The van der Waals surface area contributed by atoms with Crippen LogP contribution in [-0.4, -0.2) is 42.7 Å². The Bertz CT molecular complexity index is 543. The second-order valence-electron chi connectivity index (χ2n) is 4.86. The van der Waals surface area contributed by atoms with Crippen LogP contribution < -0.4 is 9.80 Å². The van der Waals surface area contributed by atoms with Gasteiger partial charge in [-0.15, -0.1) is 11.3 Å². The molecule has 3 rings (SSSR count). The topological polar surface area (TPSA) is 33.5 Å². The molecular weight excluding hydrogens is 244 g/mol. The zero-order chi connectivity index (χ0) is 12.5. The zero-order valence-corrected chi connectivity index (χ0v) is 11.8. The lowest BCUT2D eigenvalue weighted by Gasteiger charge is -2.32. The Balaban J connectivity index is 1.90. The number of nitrogens with one attached hydrogen (secondary N) is 1. The first-order chi connectivity index (χ1) is 8.78. The van der Waals surface area contributed by atoms with Crippen molar-refractivity contribution in [3.63, 3.8) is 0 Å². The minimum atomic E-state index is 1.10. The fourth-order valence-corrected chi connectivity index (χ4v) is 3.45. The third-order valence-electron chi connectivity index (χ3n) is 3.70. The quantitative estimate of drug-likeness (QED) is 0.867. The fraction of sp³-hybridized carbons (Fsp3) is 0.538. The van der Waals surface area contributed by atoms with Gasteiger partial charge in [0.2, 0.25) is 0 Å². The molecule has 0 spiro atoms. The third-order valence-corrected chi connectivity index (χ3v) is 4.66. The molecule has 2 aromatic heterocycles. The van der Waals surface area contributed by atoms with Crippen molar-refractivity contribution in [3.05, 3.63) is 17.3 Å². The molecule has 4 nitrogen and oxygen atoms in total. The number of nitrogens with zero attached hydrogens (tertiary/aromatic N) is 3. The number of rotatable bonds is 2. The molecule has 1 N–H and O–H groups in total. The molecular formula is C13H19N4S+. The van der Waals surface area contributed by atoms with E-state index in [1.54, 1.807) is 22.6 Å². The SMILES string of the molecule is CC[NH+]1CCN(c2ncnc3sc(C)cc23)CC1. The lowest BCUT2D eigenvalue weighted by atomic mass is 10.2. The molecule has 0 saturated carbocycles. The van der Waals surface area contributed by atoms with Gasteiger partial charge in [0.1, 0.15) is 17.0 Å². The lowest BCUT2D eigenvalue weighted by molar-refractivity contribution is -0.898. The number of fused-ring (bicyclic) bond motifs is 1. The van der Waals surface area contributed by atoms with Crippen LogP contribution in [-0.2, 0) is 0 Å². The standard InChI is InChI=1S/C13H18N4S/c1-3-16-4-6-17(7-5-16)12-11-8-10(2)18-13(11)15-9-14-12/h8-9H,3-7H2,1-2H3/p+1. The average molecular weight is 263 g/mol. The van der Waals surface area contributed by atoms with E-state index in [0.717, 1.165) is 23.7 Å². The highest BCUT2D eigenvalue weighted by molar-refractivity contribution is 7.18. The number of hydrogen-bond donors (Lipinski definition) is 1. The summed E-state index contributed by atoms with van der Waals surface area (Å²) in [5, 5.41) is 1.22. The molecule has 96 valence electrons. The second kappa shape index (κ2) is 4.82. The van der Waals surface area contributed by atoms with Crippen LogP contribution in [0.4, 0.5) is 5.82 Å². The number of anilines is 1. The zero-order valence-electron chi connectivity index (χ0n) is 10.9. The summed E-state index contributed by atoms with van der Waals surface area (Å²) in [5.41, 5.74) is 0. The van der Waals surface area contributed by atoms with Crippen molar-refractivity contribution in [2.24, 2.45) is 0 Å². The van der Waals surface area contributed by atoms with Crippen molar-refractivity contribution >= 4 is 27.4 Å². The summed E-state index contributed by atoms with van der Waals surface area (Å²) in [6, 6.07) is 2.22. The Labute approximate surface area is 111 Å². The van der Waals surface area contributed by atoms with Crippen molar-refractivity contribution in [1.29, 1.82) is 0 Å². The van der Waals surface area contributed by atoms with Gasteiger partial charge in [0.05, 0.1) is 38.1 Å². The minimum Gasteiger partial charge on any atom is -0.345 e. The molecule has 2 aromatic rings. The molecule has 18 heavy (non-hydrogen) atoms. The largest absolute Gasteiger partial charge is 0.345 e. The van der Waals surface area contributed by atoms with E-state index < -0.39 is 0 Å². The van der Waals surface area contributed by atoms with E-state index in [1.807, 2.05) is 0 Å². The third kappa shape index (κ3) is 2.08. The molecule has 1 fully saturated rings. The lowest BCUT2D eigenvalue weighted by Crippen LogP contribution is -3.14. The summed E-state index contributed by atoms with van der Waals surface area (Å²) in [7, 11) is 0. The maximum Gasteiger partial charge on any atom is 0.141 e. The number of thiophene rings is 1. The highest BCUT2D eigenvalue weighted by atomic mass is 32.1. The maximum atomic E-state index is 4.51. The molecule has 0 amide bonds. The molecule has 0 unspecified atom stereocenters. The van der Waals surface area contributed by atoms with Gasteiger partial charge in [0, 0.05) is 4.88 Å². The van der Waals surface area contributed by atoms with E-state index >= 15 is 0 Å². The van der Waals surface area contributed by atoms with Crippen LogP contribution in [0.25, 0.3) is 10.2 Å². The minimum absolute atomic E-state index is 1.10. The molecule has 0 aliphatic carbocycles. The van der Waals surface area contributed by atoms with E-state index in [2.05, 4.69) is 34.8 Å².